The van der Waals surface area contributed by atoms with Gasteiger partial charge in [0.1, 0.15) is 30.2 Å². The smallest absolute Gasteiger partial charge is 0.341 e. The molecule has 1 aromatic carbocycles. The number of aryl methyl sites for hydroxylation is 1. The second-order valence-electron chi connectivity index (χ2n) is 5.15. The van der Waals surface area contributed by atoms with E-state index in [1.54, 1.807) is 6.92 Å². The summed E-state index contributed by atoms with van der Waals surface area (Å²) in [5.41, 5.74) is 0.517. The summed E-state index contributed by atoms with van der Waals surface area (Å²) < 4.78 is 14.9. The van der Waals surface area contributed by atoms with E-state index >= 15 is 0 Å². The number of rotatable bonds is 6. The van der Waals surface area contributed by atoms with Gasteiger partial charge >= 0.3 is 11.9 Å². The third kappa shape index (κ3) is 5.00. The van der Waals surface area contributed by atoms with E-state index in [0.29, 0.717) is 10.8 Å². The number of esters is 2. The van der Waals surface area contributed by atoms with Crippen molar-refractivity contribution in [1.29, 1.82) is 0 Å². The monoisotopic (exact) mass is 399 g/mol. The van der Waals surface area contributed by atoms with Crippen LogP contribution in [-0.2, 0) is 20.9 Å². The van der Waals surface area contributed by atoms with Gasteiger partial charge in [-0.05, 0) is 31.2 Å². The molecule has 0 radical (unpaired) electrons. The van der Waals surface area contributed by atoms with Crippen molar-refractivity contribution in [2.45, 2.75) is 13.5 Å². The molecule has 0 bridgehead atoms. The largest absolute Gasteiger partial charge is 0.465 e. The maximum Gasteiger partial charge on any atom is 0.341 e. The predicted molar refractivity (Wildman–Crippen MR) is 93.4 cm³/mol. The van der Waals surface area contributed by atoms with Crippen molar-refractivity contribution in [3.8, 4) is 0 Å². The standard InChI is InChI=1S/C17H15Cl2NO6/c1-9-12(17(23)24-2)6-11(26-9)8-25-15(21)7-20-16(22)10-3-4-13(18)14(19)5-10/h3-6H,7-8H2,1-2H3,(H,20,22). The van der Waals surface area contributed by atoms with Crippen LogP contribution in [0.3, 0.4) is 0 Å². The van der Waals surface area contributed by atoms with Crippen LogP contribution >= 0.6 is 23.2 Å². The highest BCUT2D eigenvalue weighted by molar-refractivity contribution is 6.42. The number of methoxy groups -OCH3 is 1. The quantitative estimate of drug-likeness (QED) is 0.749. The van der Waals surface area contributed by atoms with Crippen LogP contribution in [0, 0.1) is 6.92 Å². The number of benzene rings is 1. The Hall–Kier alpha value is -2.51. The van der Waals surface area contributed by atoms with Crippen molar-refractivity contribution in [2.24, 2.45) is 0 Å². The average Bonchev–Trinajstić information content (AvgIpc) is 3.00. The number of hydrogen-bond acceptors (Lipinski definition) is 6. The zero-order chi connectivity index (χ0) is 19.3. The molecule has 9 heteroatoms. The van der Waals surface area contributed by atoms with Crippen LogP contribution in [-0.4, -0.2) is 31.5 Å². The fourth-order valence-corrected chi connectivity index (χ4v) is 2.32. The third-order valence-electron chi connectivity index (χ3n) is 3.32. The molecule has 0 aliphatic rings. The SMILES string of the molecule is COC(=O)c1cc(COC(=O)CNC(=O)c2ccc(Cl)c(Cl)c2)oc1C. The second-order valence-corrected chi connectivity index (χ2v) is 5.96. The summed E-state index contributed by atoms with van der Waals surface area (Å²) in [5, 5.41) is 2.96. The Kier molecular flexibility index (Phi) is 6.65. The third-order valence-corrected chi connectivity index (χ3v) is 4.06. The van der Waals surface area contributed by atoms with Crippen molar-refractivity contribution < 1.29 is 28.3 Å². The van der Waals surface area contributed by atoms with Gasteiger partial charge in [-0.3, -0.25) is 9.59 Å². The number of furan rings is 1. The van der Waals surface area contributed by atoms with Crippen LogP contribution in [0.1, 0.15) is 32.2 Å². The van der Waals surface area contributed by atoms with Gasteiger partial charge in [0.25, 0.3) is 5.91 Å². The molecule has 0 saturated carbocycles. The van der Waals surface area contributed by atoms with E-state index < -0.39 is 17.8 Å². The van der Waals surface area contributed by atoms with Gasteiger partial charge in [-0.1, -0.05) is 23.2 Å². The molecule has 0 aliphatic carbocycles. The van der Waals surface area contributed by atoms with E-state index in [0.717, 1.165) is 0 Å². The zero-order valence-corrected chi connectivity index (χ0v) is 15.4. The zero-order valence-electron chi connectivity index (χ0n) is 13.9. The summed E-state index contributed by atoms with van der Waals surface area (Å²) in [6.07, 6.45) is 0. The molecule has 0 spiro atoms. The summed E-state index contributed by atoms with van der Waals surface area (Å²) in [6, 6.07) is 5.79. The van der Waals surface area contributed by atoms with Gasteiger partial charge in [0, 0.05) is 5.56 Å². The summed E-state index contributed by atoms with van der Waals surface area (Å²) >= 11 is 11.6. The maximum atomic E-state index is 12.0. The van der Waals surface area contributed by atoms with Crippen molar-refractivity contribution in [1.82, 2.24) is 5.32 Å². The Labute approximate surface area is 159 Å². The minimum absolute atomic E-state index is 0.181. The van der Waals surface area contributed by atoms with Gasteiger partial charge in [0.2, 0.25) is 0 Å². The molecule has 1 aromatic heterocycles. The molecule has 26 heavy (non-hydrogen) atoms. The fraction of sp³-hybridized carbons (Fsp3) is 0.235. The lowest BCUT2D eigenvalue weighted by molar-refractivity contribution is -0.144. The van der Waals surface area contributed by atoms with Gasteiger partial charge < -0.3 is 19.2 Å². The van der Waals surface area contributed by atoms with E-state index in [1.807, 2.05) is 0 Å². The Bertz CT molecular complexity index is 846. The molecule has 0 fully saturated rings. The van der Waals surface area contributed by atoms with E-state index in [2.05, 4.69) is 10.1 Å². The van der Waals surface area contributed by atoms with E-state index in [-0.39, 0.29) is 35.1 Å². The lowest BCUT2D eigenvalue weighted by Crippen LogP contribution is -2.30. The lowest BCUT2D eigenvalue weighted by atomic mass is 10.2. The molecule has 0 unspecified atom stereocenters. The summed E-state index contributed by atoms with van der Waals surface area (Å²) in [4.78, 5) is 35.2. The first-order valence-electron chi connectivity index (χ1n) is 7.38. The molecule has 1 N–H and O–H groups in total. The summed E-state index contributed by atoms with van der Waals surface area (Å²) in [5.74, 6) is -1.07. The van der Waals surface area contributed by atoms with E-state index in [4.69, 9.17) is 32.4 Å². The van der Waals surface area contributed by atoms with Crippen LogP contribution in [0.15, 0.2) is 28.7 Å². The fourth-order valence-electron chi connectivity index (χ4n) is 2.02. The Balaban J connectivity index is 1.84. The molecule has 0 atom stereocenters. The van der Waals surface area contributed by atoms with E-state index in [9.17, 15) is 14.4 Å². The topological polar surface area (TPSA) is 94.8 Å². The molecule has 1 amide bonds. The van der Waals surface area contributed by atoms with Gasteiger partial charge in [0.05, 0.1) is 17.2 Å². The van der Waals surface area contributed by atoms with Crippen molar-refractivity contribution in [2.75, 3.05) is 13.7 Å². The molecule has 2 aromatic rings. The number of amides is 1. The van der Waals surface area contributed by atoms with E-state index in [1.165, 1.54) is 31.4 Å². The van der Waals surface area contributed by atoms with Crippen LogP contribution < -0.4 is 5.32 Å². The minimum Gasteiger partial charge on any atom is -0.465 e. The Morgan fingerprint density at radius 1 is 1.15 bits per heavy atom. The van der Waals surface area contributed by atoms with Gasteiger partial charge in [-0.25, -0.2) is 4.79 Å². The number of nitrogens with one attached hydrogen (secondary N) is 1. The first-order chi connectivity index (χ1) is 12.3. The van der Waals surface area contributed by atoms with Crippen LogP contribution in [0.4, 0.5) is 0 Å². The molecule has 0 aliphatic heterocycles. The van der Waals surface area contributed by atoms with Crippen LogP contribution in [0.25, 0.3) is 0 Å². The highest BCUT2D eigenvalue weighted by Gasteiger charge is 2.16. The summed E-state index contributed by atoms with van der Waals surface area (Å²) in [6.45, 7) is 1.07. The maximum absolute atomic E-state index is 12.0. The van der Waals surface area contributed by atoms with Gasteiger partial charge in [-0.15, -0.1) is 0 Å². The molecule has 0 saturated heterocycles. The summed E-state index contributed by atoms with van der Waals surface area (Å²) in [7, 11) is 1.25. The second kappa shape index (κ2) is 8.73. The number of ether oxygens (including phenoxy) is 2. The normalized spacial score (nSPS) is 10.3. The van der Waals surface area contributed by atoms with Crippen molar-refractivity contribution >= 4 is 41.0 Å². The molecule has 1 heterocycles. The Morgan fingerprint density at radius 3 is 2.54 bits per heavy atom. The number of halogens is 2. The molecule has 2 rings (SSSR count). The highest BCUT2D eigenvalue weighted by atomic mass is 35.5. The molecule has 7 nitrogen and oxygen atoms in total. The van der Waals surface area contributed by atoms with Crippen molar-refractivity contribution in [3.63, 3.8) is 0 Å². The predicted octanol–water partition coefficient (Wildman–Crippen LogP) is 3.15. The number of hydrogen-bond donors (Lipinski definition) is 1. The highest BCUT2D eigenvalue weighted by Crippen LogP contribution is 2.22. The molecular weight excluding hydrogens is 385 g/mol. The molecule has 138 valence electrons. The number of carbonyl (C=O) groups is 3. The Morgan fingerprint density at radius 2 is 1.88 bits per heavy atom. The number of carbonyl (C=O) groups excluding carboxylic acids is 3. The first-order valence-corrected chi connectivity index (χ1v) is 8.14. The van der Waals surface area contributed by atoms with Crippen molar-refractivity contribution in [3.05, 3.63) is 57.0 Å². The van der Waals surface area contributed by atoms with Gasteiger partial charge in [0.15, 0.2) is 0 Å². The minimum atomic E-state index is -0.674. The van der Waals surface area contributed by atoms with Crippen LogP contribution in [0.2, 0.25) is 10.0 Å². The average molecular weight is 400 g/mol. The first kappa shape index (κ1) is 19.8. The van der Waals surface area contributed by atoms with Gasteiger partial charge in [-0.2, -0.15) is 0 Å². The molecular formula is C17H15Cl2NO6. The lowest BCUT2D eigenvalue weighted by Gasteiger charge is -2.06. The van der Waals surface area contributed by atoms with Crippen LogP contribution in [0.5, 0.6) is 0 Å².